The Morgan fingerprint density at radius 2 is 2.19 bits per heavy atom. The van der Waals surface area contributed by atoms with E-state index < -0.39 is 0 Å². The van der Waals surface area contributed by atoms with Gasteiger partial charge in [-0.05, 0) is 31.8 Å². The van der Waals surface area contributed by atoms with Crippen molar-refractivity contribution in [2.24, 2.45) is 5.92 Å². The Morgan fingerprint density at radius 3 is 3.00 bits per heavy atom. The number of fused-ring (bicyclic) bond motifs is 3. The van der Waals surface area contributed by atoms with E-state index >= 15 is 0 Å². The van der Waals surface area contributed by atoms with E-state index in [0.29, 0.717) is 12.0 Å². The maximum atomic E-state index is 4.38. The van der Waals surface area contributed by atoms with Crippen LogP contribution in [0.5, 0.6) is 0 Å². The van der Waals surface area contributed by atoms with Crippen LogP contribution in [0.4, 0.5) is 0 Å². The van der Waals surface area contributed by atoms with E-state index in [0.717, 1.165) is 18.9 Å². The third kappa shape index (κ3) is 1.47. The minimum Gasteiger partial charge on any atom is -0.316 e. The van der Waals surface area contributed by atoms with Gasteiger partial charge in [-0.1, -0.05) is 13.8 Å². The topological polar surface area (TPSA) is 42.7 Å². The lowest BCUT2D eigenvalue weighted by Gasteiger charge is -2.38. The van der Waals surface area contributed by atoms with Crippen LogP contribution in [0, 0.1) is 5.92 Å². The van der Waals surface area contributed by atoms with Gasteiger partial charge < -0.3 is 9.88 Å². The molecule has 4 heteroatoms. The summed E-state index contributed by atoms with van der Waals surface area (Å²) in [4.78, 5) is 0. The Labute approximate surface area is 96.4 Å². The summed E-state index contributed by atoms with van der Waals surface area (Å²) in [6.07, 6.45) is 3.60. The number of rotatable bonds is 1. The van der Waals surface area contributed by atoms with E-state index in [9.17, 15) is 0 Å². The van der Waals surface area contributed by atoms with Crippen LogP contribution in [0.2, 0.25) is 0 Å². The molecule has 0 bridgehead atoms. The van der Waals surface area contributed by atoms with Crippen LogP contribution in [0.1, 0.15) is 50.3 Å². The molecule has 3 heterocycles. The van der Waals surface area contributed by atoms with Gasteiger partial charge in [0.05, 0.1) is 0 Å². The minimum atomic E-state index is 0.481. The van der Waals surface area contributed by atoms with E-state index in [4.69, 9.17) is 0 Å². The predicted octanol–water partition coefficient (Wildman–Crippen LogP) is 1.50. The molecule has 88 valence electrons. The fraction of sp³-hybridized carbons (Fsp3) is 0.833. The number of hydrogen-bond donors (Lipinski definition) is 1. The Bertz CT molecular complexity index is 382. The molecule has 1 N–H and O–H groups in total. The van der Waals surface area contributed by atoms with Crippen LogP contribution < -0.4 is 5.32 Å². The van der Waals surface area contributed by atoms with Crippen molar-refractivity contribution >= 4 is 0 Å². The number of nitrogens with one attached hydrogen (secondary N) is 1. The summed E-state index contributed by atoms with van der Waals surface area (Å²) in [5.41, 5.74) is 0. The van der Waals surface area contributed by atoms with Gasteiger partial charge in [0.2, 0.25) is 0 Å². The molecule has 0 aromatic carbocycles. The average Bonchev–Trinajstić information content (AvgIpc) is 2.73. The van der Waals surface area contributed by atoms with E-state index in [2.05, 4.69) is 33.9 Å². The highest BCUT2D eigenvalue weighted by molar-refractivity contribution is 5.08. The Hall–Kier alpha value is -0.900. The molecule has 3 rings (SSSR count). The molecule has 0 aliphatic carbocycles. The molecule has 1 saturated heterocycles. The van der Waals surface area contributed by atoms with Crippen molar-refractivity contribution in [2.75, 3.05) is 13.1 Å². The van der Waals surface area contributed by atoms with E-state index in [1.807, 2.05) is 0 Å². The number of hydrogen-bond acceptors (Lipinski definition) is 3. The summed E-state index contributed by atoms with van der Waals surface area (Å²) in [5.74, 6) is 3.67. The SMILES string of the molecule is CC(C)c1nnc2n1[C@@H]1CCNC[C@H]1CC2. The van der Waals surface area contributed by atoms with E-state index in [-0.39, 0.29) is 0 Å². The average molecular weight is 220 g/mol. The maximum Gasteiger partial charge on any atom is 0.135 e. The van der Waals surface area contributed by atoms with Gasteiger partial charge >= 0.3 is 0 Å². The van der Waals surface area contributed by atoms with Crippen molar-refractivity contribution in [1.29, 1.82) is 0 Å². The van der Waals surface area contributed by atoms with Crippen LogP contribution in [0.15, 0.2) is 0 Å². The molecule has 2 aliphatic heterocycles. The molecule has 2 aliphatic rings. The smallest absolute Gasteiger partial charge is 0.135 e. The standard InChI is InChI=1S/C12H20N4/c1-8(2)12-15-14-11-4-3-9-7-13-6-5-10(9)16(11)12/h8-10,13H,3-7H2,1-2H3/t9-,10-/m1/s1. The molecule has 0 spiro atoms. The van der Waals surface area contributed by atoms with E-state index in [1.165, 1.54) is 31.0 Å². The molecular formula is C12H20N4. The molecule has 0 amide bonds. The van der Waals surface area contributed by atoms with Crippen LogP contribution in [-0.2, 0) is 6.42 Å². The third-order valence-electron chi connectivity index (χ3n) is 3.95. The summed E-state index contributed by atoms with van der Waals surface area (Å²) < 4.78 is 2.44. The summed E-state index contributed by atoms with van der Waals surface area (Å²) in [7, 11) is 0. The largest absolute Gasteiger partial charge is 0.316 e. The third-order valence-corrected chi connectivity index (χ3v) is 3.95. The van der Waals surface area contributed by atoms with Crippen molar-refractivity contribution in [1.82, 2.24) is 20.1 Å². The first-order valence-electron chi connectivity index (χ1n) is 6.41. The van der Waals surface area contributed by atoms with Crippen LogP contribution in [0.3, 0.4) is 0 Å². The zero-order valence-corrected chi connectivity index (χ0v) is 10.1. The predicted molar refractivity (Wildman–Crippen MR) is 62.4 cm³/mol. The van der Waals surface area contributed by atoms with Crippen molar-refractivity contribution in [3.8, 4) is 0 Å². The van der Waals surface area contributed by atoms with Crippen LogP contribution in [0.25, 0.3) is 0 Å². The van der Waals surface area contributed by atoms with Gasteiger partial charge in [0.25, 0.3) is 0 Å². The minimum absolute atomic E-state index is 0.481. The normalized spacial score (nSPS) is 28.9. The molecule has 1 aromatic heterocycles. The van der Waals surface area contributed by atoms with Gasteiger partial charge in [-0.15, -0.1) is 10.2 Å². The molecule has 0 radical (unpaired) electrons. The highest BCUT2D eigenvalue weighted by atomic mass is 15.3. The molecule has 16 heavy (non-hydrogen) atoms. The summed E-state index contributed by atoms with van der Waals surface area (Å²) >= 11 is 0. The molecule has 4 nitrogen and oxygen atoms in total. The molecule has 1 fully saturated rings. The highest BCUT2D eigenvalue weighted by Crippen LogP contribution is 2.35. The lowest BCUT2D eigenvalue weighted by atomic mass is 9.86. The van der Waals surface area contributed by atoms with Crippen molar-refractivity contribution in [2.45, 2.75) is 45.1 Å². The van der Waals surface area contributed by atoms with Gasteiger partial charge in [-0.2, -0.15) is 0 Å². The molecule has 0 saturated carbocycles. The number of piperidine rings is 1. The van der Waals surface area contributed by atoms with Gasteiger partial charge in [0.1, 0.15) is 11.6 Å². The second-order valence-electron chi connectivity index (χ2n) is 5.36. The monoisotopic (exact) mass is 220 g/mol. The first kappa shape index (κ1) is 10.3. The van der Waals surface area contributed by atoms with E-state index in [1.54, 1.807) is 0 Å². The fourth-order valence-corrected chi connectivity index (χ4v) is 3.12. The van der Waals surface area contributed by atoms with Gasteiger partial charge in [-0.25, -0.2) is 0 Å². The van der Waals surface area contributed by atoms with Crippen molar-refractivity contribution in [3.63, 3.8) is 0 Å². The van der Waals surface area contributed by atoms with Crippen LogP contribution >= 0.6 is 0 Å². The lowest BCUT2D eigenvalue weighted by Crippen LogP contribution is -2.41. The first-order chi connectivity index (χ1) is 7.77. The summed E-state index contributed by atoms with van der Waals surface area (Å²) in [6, 6.07) is 0.650. The zero-order chi connectivity index (χ0) is 11.1. The molecule has 1 aromatic rings. The lowest BCUT2D eigenvalue weighted by molar-refractivity contribution is 0.208. The highest BCUT2D eigenvalue weighted by Gasteiger charge is 2.34. The fourth-order valence-electron chi connectivity index (χ4n) is 3.12. The first-order valence-corrected chi connectivity index (χ1v) is 6.41. The second-order valence-corrected chi connectivity index (χ2v) is 5.36. The molecule has 0 unspecified atom stereocenters. The Kier molecular flexibility index (Phi) is 2.46. The number of aromatic nitrogens is 3. The molecule has 2 atom stereocenters. The van der Waals surface area contributed by atoms with Crippen molar-refractivity contribution < 1.29 is 0 Å². The van der Waals surface area contributed by atoms with Gasteiger partial charge in [0, 0.05) is 18.4 Å². The Balaban J connectivity index is 2.01. The Morgan fingerprint density at radius 1 is 1.31 bits per heavy atom. The quantitative estimate of drug-likeness (QED) is 0.780. The number of nitrogens with zero attached hydrogens (tertiary/aromatic N) is 3. The summed E-state index contributed by atoms with van der Waals surface area (Å²) in [5, 5.41) is 12.2. The zero-order valence-electron chi connectivity index (χ0n) is 10.1. The van der Waals surface area contributed by atoms with Crippen LogP contribution in [-0.4, -0.2) is 27.9 Å². The van der Waals surface area contributed by atoms with Gasteiger partial charge in [-0.3, -0.25) is 0 Å². The maximum absolute atomic E-state index is 4.38. The van der Waals surface area contributed by atoms with Gasteiger partial charge in [0.15, 0.2) is 0 Å². The number of aryl methyl sites for hydroxylation is 1. The van der Waals surface area contributed by atoms with Crippen molar-refractivity contribution in [3.05, 3.63) is 11.6 Å². The second kappa shape index (κ2) is 3.84. The molecular weight excluding hydrogens is 200 g/mol. The summed E-state index contributed by atoms with van der Waals surface area (Å²) in [6.45, 7) is 6.72.